The van der Waals surface area contributed by atoms with Crippen LogP contribution in [0.1, 0.15) is 20.9 Å². The monoisotopic (exact) mass is 854 g/mol. The number of pyridine rings is 2. The van der Waals surface area contributed by atoms with Gasteiger partial charge in [0.25, 0.3) is 0 Å². The summed E-state index contributed by atoms with van der Waals surface area (Å²) < 4.78 is 32.2. The molecule has 8 heterocycles. The van der Waals surface area contributed by atoms with Crippen molar-refractivity contribution in [3.05, 3.63) is 201 Å². The molecular formula is C50H32F2N4S4. The van der Waals surface area contributed by atoms with Gasteiger partial charge in [-0.15, -0.1) is 45.3 Å². The van der Waals surface area contributed by atoms with Crippen LogP contribution in [-0.4, -0.2) is 19.1 Å². The van der Waals surface area contributed by atoms with Gasteiger partial charge in [0.1, 0.15) is 11.6 Å². The Morgan fingerprint density at radius 2 is 0.833 bits per heavy atom. The Bertz CT molecular complexity index is 2900. The van der Waals surface area contributed by atoms with Gasteiger partial charge in [-0.2, -0.15) is 0 Å². The summed E-state index contributed by atoms with van der Waals surface area (Å²) in [6.45, 7) is 0. The lowest BCUT2D eigenvalue weighted by Gasteiger charge is -2.12. The van der Waals surface area contributed by atoms with Crippen molar-refractivity contribution < 1.29 is 8.78 Å². The molecule has 0 fully saturated rings. The van der Waals surface area contributed by atoms with Crippen molar-refractivity contribution in [2.24, 2.45) is 0 Å². The molecule has 2 aromatic carbocycles. The molecule has 0 aliphatic heterocycles. The standard InChI is InChI=1S/C50H32F2N4S4/c51-35-7-11-37(12-8-35)55-43(47-3-1-29-57-47)19-21-45(55)49-23-17-39(59-49)15-5-33-25-27-53-41(31-33)42-32-34(26-28-54-42)6-16-40-18-24-50(60-40)46-22-20-44(48-4-2-30-58-48)56(46)38-13-9-36(52)10-14-38/h1-32H/b15-5+,16-6+. The van der Waals surface area contributed by atoms with Crippen LogP contribution in [0.2, 0.25) is 0 Å². The second kappa shape index (κ2) is 16.6. The molecule has 10 rings (SSSR count). The van der Waals surface area contributed by atoms with E-state index in [1.807, 2.05) is 60.9 Å². The van der Waals surface area contributed by atoms with Gasteiger partial charge in [0, 0.05) is 33.5 Å². The van der Waals surface area contributed by atoms with Crippen LogP contribution >= 0.6 is 45.3 Å². The fraction of sp³-hybridized carbons (Fsp3) is 0. The highest BCUT2D eigenvalue weighted by atomic mass is 32.1. The van der Waals surface area contributed by atoms with Gasteiger partial charge in [-0.05, 0) is 167 Å². The molecule has 0 saturated carbocycles. The van der Waals surface area contributed by atoms with Gasteiger partial charge in [0.2, 0.25) is 0 Å². The molecule has 4 nitrogen and oxygen atoms in total. The number of halogens is 2. The third-order valence-corrected chi connectivity index (χ3v) is 13.9. The minimum Gasteiger partial charge on any atom is -0.308 e. The van der Waals surface area contributed by atoms with E-state index in [1.54, 1.807) is 45.3 Å². The van der Waals surface area contributed by atoms with E-state index in [0.29, 0.717) is 0 Å². The normalized spacial score (nSPS) is 11.7. The quantitative estimate of drug-likeness (QED) is 0.130. The lowest BCUT2D eigenvalue weighted by atomic mass is 10.1. The summed E-state index contributed by atoms with van der Waals surface area (Å²) in [5.41, 5.74) is 9.71. The van der Waals surface area contributed by atoms with E-state index in [1.165, 1.54) is 24.3 Å². The molecule has 0 radical (unpaired) electrons. The molecule has 0 spiro atoms. The summed E-state index contributed by atoms with van der Waals surface area (Å²) >= 11 is 6.79. The second-order valence-corrected chi connectivity index (χ2v) is 17.9. The van der Waals surface area contributed by atoms with E-state index in [4.69, 9.17) is 0 Å². The lowest BCUT2D eigenvalue weighted by molar-refractivity contribution is 0.627. The van der Waals surface area contributed by atoms with Crippen molar-refractivity contribution >= 4 is 69.7 Å². The van der Waals surface area contributed by atoms with Gasteiger partial charge in [0.05, 0.1) is 53.7 Å². The highest BCUT2D eigenvalue weighted by Crippen LogP contribution is 2.39. The van der Waals surface area contributed by atoms with Crippen LogP contribution in [0.5, 0.6) is 0 Å². The molecule has 0 aliphatic rings. The molecule has 0 atom stereocenters. The zero-order chi connectivity index (χ0) is 40.4. The van der Waals surface area contributed by atoms with E-state index < -0.39 is 0 Å². The van der Waals surface area contributed by atoms with Crippen molar-refractivity contribution in [2.45, 2.75) is 0 Å². The third kappa shape index (κ3) is 7.81. The number of rotatable bonds is 11. The topological polar surface area (TPSA) is 35.6 Å². The Morgan fingerprint density at radius 1 is 0.417 bits per heavy atom. The van der Waals surface area contributed by atoms with Crippen LogP contribution in [0.4, 0.5) is 8.78 Å². The summed E-state index contributed by atoms with van der Waals surface area (Å²) in [6.07, 6.45) is 12.1. The average Bonchev–Trinajstić information content (AvgIpc) is 4.14. The largest absolute Gasteiger partial charge is 0.308 e. The Kier molecular flexibility index (Phi) is 10.4. The molecule has 0 saturated heterocycles. The van der Waals surface area contributed by atoms with Crippen LogP contribution in [0.3, 0.4) is 0 Å². The minimum absolute atomic E-state index is 0.255. The van der Waals surface area contributed by atoms with Crippen LogP contribution in [0.25, 0.3) is 89.4 Å². The summed E-state index contributed by atoms with van der Waals surface area (Å²) in [5.74, 6) is -0.510. The average molecular weight is 855 g/mol. The Hall–Kier alpha value is -6.56. The van der Waals surface area contributed by atoms with Crippen molar-refractivity contribution in [2.75, 3.05) is 0 Å². The van der Waals surface area contributed by atoms with E-state index in [0.717, 1.165) is 85.9 Å². The molecule has 60 heavy (non-hydrogen) atoms. The van der Waals surface area contributed by atoms with E-state index in [9.17, 15) is 8.78 Å². The number of nitrogens with zero attached hydrogens (tertiary/aromatic N) is 4. The van der Waals surface area contributed by atoms with E-state index in [2.05, 4.69) is 127 Å². The Balaban J connectivity index is 0.866. The fourth-order valence-corrected chi connectivity index (χ4v) is 10.5. The van der Waals surface area contributed by atoms with Gasteiger partial charge in [-0.3, -0.25) is 9.97 Å². The van der Waals surface area contributed by atoms with Crippen LogP contribution in [0, 0.1) is 11.6 Å². The first kappa shape index (κ1) is 37.7. The predicted molar refractivity (Wildman–Crippen MR) is 250 cm³/mol. The van der Waals surface area contributed by atoms with Crippen LogP contribution in [0.15, 0.2) is 169 Å². The molecule has 0 aliphatic carbocycles. The number of benzene rings is 2. The van der Waals surface area contributed by atoms with Crippen molar-refractivity contribution in [1.82, 2.24) is 19.1 Å². The fourth-order valence-electron chi connectivity index (χ4n) is 7.13. The Labute approximate surface area is 361 Å². The summed E-state index contributed by atoms with van der Waals surface area (Å²) in [4.78, 5) is 16.1. The zero-order valence-electron chi connectivity index (χ0n) is 31.7. The maximum atomic E-state index is 13.9. The number of aromatic nitrogens is 4. The number of hydrogen-bond acceptors (Lipinski definition) is 6. The highest BCUT2D eigenvalue weighted by Gasteiger charge is 2.17. The van der Waals surface area contributed by atoms with E-state index in [-0.39, 0.29) is 11.6 Å². The Morgan fingerprint density at radius 3 is 1.23 bits per heavy atom. The SMILES string of the molecule is Fc1ccc(-n2c(-c3cccs3)ccc2-c2ccc(/C=C/c3ccnc(-c4cc(/C=C/c5ccc(-c6ccc(-c7cccs7)n6-c6ccc(F)cc6)s5)ccn4)c3)s2)cc1. The zero-order valence-corrected chi connectivity index (χ0v) is 34.9. The molecule has 0 amide bonds. The summed E-state index contributed by atoms with van der Waals surface area (Å²) in [6, 6.07) is 46.8. The molecule has 10 heteroatoms. The van der Waals surface area contributed by atoms with Gasteiger partial charge < -0.3 is 9.13 Å². The van der Waals surface area contributed by atoms with Crippen molar-refractivity contribution in [1.29, 1.82) is 0 Å². The number of hydrogen-bond donors (Lipinski definition) is 0. The molecule has 8 aromatic heterocycles. The molecule has 0 N–H and O–H groups in total. The summed E-state index contributed by atoms with van der Waals surface area (Å²) in [5, 5.41) is 4.14. The van der Waals surface area contributed by atoms with Gasteiger partial charge >= 0.3 is 0 Å². The second-order valence-electron chi connectivity index (χ2n) is 13.8. The minimum atomic E-state index is -0.255. The smallest absolute Gasteiger partial charge is 0.123 e. The first-order valence-corrected chi connectivity index (χ1v) is 22.4. The van der Waals surface area contributed by atoms with Gasteiger partial charge in [0.15, 0.2) is 0 Å². The maximum absolute atomic E-state index is 13.9. The summed E-state index contributed by atoms with van der Waals surface area (Å²) in [7, 11) is 0. The van der Waals surface area contributed by atoms with Gasteiger partial charge in [-0.25, -0.2) is 8.78 Å². The molecule has 10 aromatic rings. The first-order chi connectivity index (χ1) is 29.5. The molecule has 0 bridgehead atoms. The van der Waals surface area contributed by atoms with Gasteiger partial charge in [-0.1, -0.05) is 24.3 Å². The highest BCUT2D eigenvalue weighted by molar-refractivity contribution is 7.16. The third-order valence-electron chi connectivity index (χ3n) is 9.95. The van der Waals surface area contributed by atoms with Crippen LogP contribution in [-0.2, 0) is 0 Å². The van der Waals surface area contributed by atoms with Crippen molar-refractivity contribution in [3.8, 4) is 65.0 Å². The number of thiophene rings is 4. The van der Waals surface area contributed by atoms with E-state index >= 15 is 0 Å². The molecular weight excluding hydrogens is 823 g/mol. The van der Waals surface area contributed by atoms with Crippen molar-refractivity contribution in [3.63, 3.8) is 0 Å². The first-order valence-electron chi connectivity index (χ1n) is 19.0. The van der Waals surface area contributed by atoms with Crippen LogP contribution < -0.4 is 0 Å². The maximum Gasteiger partial charge on any atom is 0.123 e. The molecule has 0 unspecified atom stereocenters. The predicted octanol–water partition coefficient (Wildman–Crippen LogP) is 15.3. The molecule has 290 valence electrons. The lowest BCUT2D eigenvalue weighted by Crippen LogP contribution is -1.98.